The molecule has 0 spiro atoms. The molecule has 0 amide bonds. The van der Waals surface area contributed by atoms with Crippen molar-refractivity contribution in [1.82, 2.24) is 14.8 Å². The zero-order chi connectivity index (χ0) is 20.2. The number of rotatable bonds is 5. The fourth-order valence-corrected chi connectivity index (χ4v) is 4.53. The molecule has 6 nitrogen and oxygen atoms in total. The first-order valence-electron chi connectivity index (χ1n) is 9.65. The van der Waals surface area contributed by atoms with Gasteiger partial charge in [-0.1, -0.05) is 30.3 Å². The van der Waals surface area contributed by atoms with Crippen LogP contribution >= 0.6 is 15.9 Å². The highest BCUT2D eigenvalue weighted by Crippen LogP contribution is 2.40. The SMILES string of the molecule is Cn1cnnc1C1CCN(c2c(C#N)ccc(OCc3ccccc3)c2Br)CC1. The molecule has 4 rings (SSSR count). The zero-order valence-corrected chi connectivity index (χ0v) is 17.8. The molecule has 0 N–H and O–H groups in total. The maximum Gasteiger partial charge on any atom is 0.136 e. The first-order chi connectivity index (χ1) is 14.2. The number of nitriles is 1. The van der Waals surface area contributed by atoms with Gasteiger partial charge in [-0.25, -0.2) is 0 Å². The number of hydrogen-bond acceptors (Lipinski definition) is 5. The molecular weight excluding hydrogens is 430 g/mol. The predicted molar refractivity (Wildman–Crippen MR) is 115 cm³/mol. The lowest BCUT2D eigenvalue weighted by atomic mass is 9.95. The number of aromatic nitrogens is 3. The highest BCUT2D eigenvalue weighted by atomic mass is 79.9. The van der Waals surface area contributed by atoms with Gasteiger partial charge in [0.15, 0.2) is 0 Å². The Hall–Kier alpha value is -2.85. The van der Waals surface area contributed by atoms with E-state index in [1.165, 1.54) is 0 Å². The summed E-state index contributed by atoms with van der Waals surface area (Å²) < 4.78 is 8.88. The van der Waals surface area contributed by atoms with Gasteiger partial charge < -0.3 is 14.2 Å². The van der Waals surface area contributed by atoms with E-state index >= 15 is 0 Å². The van der Waals surface area contributed by atoms with Crippen LogP contribution in [-0.2, 0) is 13.7 Å². The minimum absolute atomic E-state index is 0.389. The lowest BCUT2D eigenvalue weighted by molar-refractivity contribution is 0.304. The van der Waals surface area contributed by atoms with Crippen molar-refractivity contribution >= 4 is 21.6 Å². The number of anilines is 1. The van der Waals surface area contributed by atoms with Crippen LogP contribution in [0.25, 0.3) is 0 Å². The van der Waals surface area contributed by atoms with Crippen LogP contribution in [-0.4, -0.2) is 27.9 Å². The van der Waals surface area contributed by atoms with Gasteiger partial charge in [-0.05, 0) is 46.5 Å². The van der Waals surface area contributed by atoms with Crippen LogP contribution in [0, 0.1) is 11.3 Å². The summed E-state index contributed by atoms with van der Waals surface area (Å²) >= 11 is 3.70. The smallest absolute Gasteiger partial charge is 0.136 e. The highest BCUT2D eigenvalue weighted by Gasteiger charge is 2.27. The second-order valence-electron chi connectivity index (χ2n) is 7.22. The van der Waals surface area contributed by atoms with E-state index in [9.17, 15) is 5.26 Å². The van der Waals surface area contributed by atoms with E-state index in [0.29, 0.717) is 18.1 Å². The number of nitrogens with zero attached hydrogens (tertiary/aromatic N) is 5. The first-order valence-corrected chi connectivity index (χ1v) is 10.4. The third kappa shape index (κ3) is 4.13. The van der Waals surface area contributed by atoms with Gasteiger partial charge in [0, 0.05) is 26.1 Å². The molecule has 2 heterocycles. The summed E-state index contributed by atoms with van der Waals surface area (Å²) in [4.78, 5) is 2.27. The quantitative estimate of drug-likeness (QED) is 0.574. The largest absolute Gasteiger partial charge is 0.488 e. The van der Waals surface area contributed by atoms with E-state index in [2.05, 4.69) is 37.1 Å². The average Bonchev–Trinajstić information content (AvgIpc) is 3.19. The van der Waals surface area contributed by atoms with E-state index in [1.807, 2.05) is 54.1 Å². The van der Waals surface area contributed by atoms with E-state index in [0.717, 1.165) is 53.2 Å². The number of hydrogen-bond donors (Lipinski definition) is 0. The molecule has 148 valence electrons. The molecule has 3 aromatic rings. The van der Waals surface area contributed by atoms with Crippen LogP contribution in [0.5, 0.6) is 5.75 Å². The minimum Gasteiger partial charge on any atom is -0.488 e. The summed E-state index contributed by atoms with van der Waals surface area (Å²) in [5.74, 6) is 2.17. The van der Waals surface area contributed by atoms with Crippen molar-refractivity contribution in [2.75, 3.05) is 18.0 Å². The fourth-order valence-electron chi connectivity index (χ4n) is 3.82. The molecule has 0 radical (unpaired) electrons. The third-order valence-corrected chi connectivity index (χ3v) is 6.13. The lowest BCUT2D eigenvalue weighted by Gasteiger charge is -2.34. The van der Waals surface area contributed by atoms with Crippen LogP contribution in [0.4, 0.5) is 5.69 Å². The Balaban J connectivity index is 1.52. The molecule has 1 aromatic heterocycles. The Labute approximate surface area is 178 Å². The number of halogens is 1. The van der Waals surface area contributed by atoms with Crippen molar-refractivity contribution in [2.45, 2.75) is 25.4 Å². The molecule has 1 aliphatic heterocycles. The van der Waals surface area contributed by atoms with Gasteiger partial charge >= 0.3 is 0 Å². The van der Waals surface area contributed by atoms with Gasteiger partial charge in [-0.3, -0.25) is 0 Å². The van der Waals surface area contributed by atoms with Crippen LogP contribution < -0.4 is 9.64 Å². The van der Waals surface area contributed by atoms with Crippen molar-refractivity contribution in [3.63, 3.8) is 0 Å². The molecule has 1 aliphatic rings. The Morgan fingerprint density at radius 3 is 2.59 bits per heavy atom. The summed E-state index contributed by atoms with van der Waals surface area (Å²) in [6.45, 7) is 2.19. The van der Waals surface area contributed by atoms with E-state index in [-0.39, 0.29) is 0 Å². The maximum absolute atomic E-state index is 9.65. The molecule has 0 aliphatic carbocycles. The Bertz CT molecular complexity index is 1020. The Morgan fingerprint density at radius 2 is 1.93 bits per heavy atom. The molecule has 0 atom stereocenters. The van der Waals surface area contributed by atoms with Crippen molar-refractivity contribution in [3.05, 3.63) is 70.2 Å². The normalized spacial score (nSPS) is 14.6. The second kappa shape index (κ2) is 8.66. The molecular formula is C22H22BrN5O. The molecule has 0 saturated carbocycles. The van der Waals surface area contributed by atoms with Gasteiger partial charge in [0.05, 0.1) is 15.7 Å². The summed E-state index contributed by atoms with van der Waals surface area (Å²) in [6.07, 6.45) is 3.69. The summed E-state index contributed by atoms with van der Waals surface area (Å²) in [5.41, 5.74) is 2.67. The number of ether oxygens (including phenoxy) is 1. The number of benzene rings is 2. The van der Waals surface area contributed by atoms with Gasteiger partial charge in [-0.15, -0.1) is 10.2 Å². The maximum atomic E-state index is 9.65. The average molecular weight is 452 g/mol. The topological polar surface area (TPSA) is 67.0 Å². The summed E-state index contributed by atoms with van der Waals surface area (Å²) in [6, 6.07) is 16.1. The van der Waals surface area contributed by atoms with E-state index < -0.39 is 0 Å². The molecule has 2 aromatic carbocycles. The molecule has 1 saturated heterocycles. The standard InChI is InChI=1S/C22H22BrN5O/c1-27-15-25-26-22(27)17-9-11-28(12-10-17)21-18(13-24)7-8-19(20(21)23)29-14-16-5-3-2-4-6-16/h2-8,15,17H,9-12,14H2,1H3. The lowest BCUT2D eigenvalue weighted by Crippen LogP contribution is -2.34. The minimum atomic E-state index is 0.389. The van der Waals surface area contributed by atoms with Gasteiger partial charge in [0.25, 0.3) is 0 Å². The van der Waals surface area contributed by atoms with Crippen molar-refractivity contribution < 1.29 is 4.74 Å². The molecule has 7 heteroatoms. The van der Waals surface area contributed by atoms with Crippen molar-refractivity contribution in [2.24, 2.45) is 7.05 Å². The number of aryl methyl sites for hydroxylation is 1. The molecule has 0 unspecified atom stereocenters. The highest BCUT2D eigenvalue weighted by molar-refractivity contribution is 9.10. The molecule has 29 heavy (non-hydrogen) atoms. The van der Waals surface area contributed by atoms with E-state index in [4.69, 9.17) is 4.74 Å². The van der Waals surface area contributed by atoms with Crippen molar-refractivity contribution in [1.29, 1.82) is 5.26 Å². The monoisotopic (exact) mass is 451 g/mol. The van der Waals surface area contributed by atoms with Crippen LogP contribution in [0.2, 0.25) is 0 Å². The van der Waals surface area contributed by atoms with Gasteiger partial charge in [0.2, 0.25) is 0 Å². The van der Waals surface area contributed by atoms with Crippen LogP contribution in [0.1, 0.15) is 35.7 Å². The summed E-state index contributed by atoms with van der Waals surface area (Å²) in [5, 5.41) is 17.9. The van der Waals surface area contributed by atoms with Crippen LogP contribution in [0.3, 0.4) is 0 Å². The summed E-state index contributed by atoms with van der Waals surface area (Å²) in [7, 11) is 1.99. The Morgan fingerprint density at radius 1 is 1.17 bits per heavy atom. The van der Waals surface area contributed by atoms with Crippen LogP contribution in [0.15, 0.2) is 53.3 Å². The second-order valence-corrected chi connectivity index (χ2v) is 8.01. The zero-order valence-electron chi connectivity index (χ0n) is 16.3. The fraction of sp³-hybridized carbons (Fsp3) is 0.318. The third-order valence-electron chi connectivity index (χ3n) is 5.36. The Kier molecular flexibility index (Phi) is 5.81. The van der Waals surface area contributed by atoms with Gasteiger partial charge in [0.1, 0.15) is 30.6 Å². The van der Waals surface area contributed by atoms with E-state index in [1.54, 1.807) is 6.33 Å². The molecule has 1 fully saturated rings. The predicted octanol–water partition coefficient (Wildman–Crippen LogP) is 4.41. The molecule has 0 bridgehead atoms. The van der Waals surface area contributed by atoms with Crippen molar-refractivity contribution in [3.8, 4) is 11.8 Å². The van der Waals surface area contributed by atoms with Gasteiger partial charge in [-0.2, -0.15) is 5.26 Å². The first kappa shape index (κ1) is 19.5. The number of piperidine rings is 1.